The monoisotopic (exact) mass is 417 g/mol. The van der Waals surface area contributed by atoms with E-state index in [1.165, 1.54) is 12.8 Å². The van der Waals surface area contributed by atoms with E-state index in [0.29, 0.717) is 12.4 Å². The maximum atomic E-state index is 12.4. The summed E-state index contributed by atoms with van der Waals surface area (Å²) in [5, 5.41) is 14.5. The molecule has 2 aromatic carbocycles. The summed E-state index contributed by atoms with van der Waals surface area (Å²) in [6.45, 7) is 2.80. The second-order valence-electron chi connectivity index (χ2n) is 7.51. The average molecular weight is 418 g/mol. The second-order valence-corrected chi connectivity index (χ2v) is 7.51. The highest BCUT2D eigenvalue weighted by atomic mass is 16.5. The number of likely N-dealkylation sites (tertiary alicyclic amines) is 1. The van der Waals surface area contributed by atoms with Gasteiger partial charge in [-0.2, -0.15) is 0 Å². The summed E-state index contributed by atoms with van der Waals surface area (Å²) < 4.78 is 5.60. The summed E-state index contributed by atoms with van der Waals surface area (Å²) in [6, 6.07) is 21.1. The number of carbonyl (C=O) groups is 1. The van der Waals surface area contributed by atoms with E-state index in [1.807, 2.05) is 48.5 Å². The minimum atomic E-state index is -0.283. The van der Waals surface area contributed by atoms with Crippen molar-refractivity contribution in [1.82, 2.24) is 15.1 Å². The zero-order chi connectivity index (χ0) is 21.5. The van der Waals surface area contributed by atoms with Crippen LogP contribution in [-0.2, 0) is 0 Å². The number of ether oxygens (including phenoxy) is 1. The van der Waals surface area contributed by atoms with Crippen molar-refractivity contribution in [3.8, 4) is 5.75 Å². The van der Waals surface area contributed by atoms with Crippen LogP contribution in [0.1, 0.15) is 34.9 Å². The fraction of sp³-hybridized carbons (Fsp3) is 0.292. The Hall–Kier alpha value is -3.45. The van der Waals surface area contributed by atoms with E-state index < -0.39 is 0 Å². The van der Waals surface area contributed by atoms with Crippen LogP contribution in [0.2, 0.25) is 0 Å². The van der Waals surface area contributed by atoms with E-state index in [2.05, 4.69) is 31.8 Å². The van der Waals surface area contributed by atoms with Gasteiger partial charge in [0.15, 0.2) is 5.69 Å². The third kappa shape index (κ3) is 5.19. The first-order valence-electron chi connectivity index (χ1n) is 10.6. The lowest BCUT2D eigenvalue weighted by Gasteiger charge is -2.29. The van der Waals surface area contributed by atoms with Gasteiger partial charge >= 0.3 is 0 Å². The Morgan fingerprint density at radius 3 is 2.45 bits per heavy atom. The third-order valence-electron chi connectivity index (χ3n) is 5.48. The van der Waals surface area contributed by atoms with Crippen LogP contribution in [-0.4, -0.2) is 47.7 Å². The van der Waals surface area contributed by atoms with Crippen LogP contribution in [0.5, 0.6) is 5.75 Å². The van der Waals surface area contributed by atoms with Crippen LogP contribution in [0.3, 0.4) is 0 Å². The lowest BCUT2D eigenvalue weighted by Crippen LogP contribution is -2.31. The smallest absolute Gasteiger partial charge is 0.276 e. The number of benzene rings is 2. The Morgan fingerprint density at radius 1 is 1.00 bits per heavy atom. The van der Waals surface area contributed by atoms with Gasteiger partial charge in [0.2, 0.25) is 0 Å². The Bertz CT molecular complexity index is 988. The Kier molecular flexibility index (Phi) is 6.74. The maximum Gasteiger partial charge on any atom is 0.276 e. The van der Waals surface area contributed by atoms with E-state index in [-0.39, 0.29) is 17.6 Å². The minimum Gasteiger partial charge on any atom is -0.496 e. The molecule has 7 heteroatoms. The fourth-order valence-electron chi connectivity index (χ4n) is 3.90. The molecule has 0 radical (unpaired) electrons. The number of amides is 1. The topological polar surface area (TPSA) is 79.4 Å². The molecule has 1 amide bonds. The predicted octanol–water partition coefficient (Wildman–Crippen LogP) is 3.99. The summed E-state index contributed by atoms with van der Waals surface area (Å²) in [5.41, 5.74) is 2.16. The van der Waals surface area contributed by atoms with Crippen LogP contribution in [0.15, 0.2) is 66.7 Å². The maximum absolute atomic E-state index is 12.4. The van der Waals surface area contributed by atoms with Crippen molar-refractivity contribution >= 4 is 17.4 Å². The first kappa shape index (κ1) is 20.8. The molecule has 1 saturated heterocycles. The normalized spacial score (nSPS) is 14.7. The molecule has 7 nitrogen and oxygen atoms in total. The number of hydrogen-bond acceptors (Lipinski definition) is 6. The van der Waals surface area contributed by atoms with Crippen molar-refractivity contribution in [3.63, 3.8) is 0 Å². The molecule has 0 spiro atoms. The van der Waals surface area contributed by atoms with Gasteiger partial charge in [-0.05, 0) is 56.3 Å². The minimum absolute atomic E-state index is 0.168. The first-order chi connectivity index (χ1) is 15.2. The zero-order valence-corrected chi connectivity index (χ0v) is 17.6. The number of para-hydroxylation sites is 2. The number of anilines is 2. The number of aromatic nitrogens is 2. The van der Waals surface area contributed by atoms with Gasteiger partial charge in [0.1, 0.15) is 11.6 Å². The molecule has 4 rings (SSSR count). The van der Waals surface area contributed by atoms with Crippen molar-refractivity contribution < 1.29 is 9.53 Å². The Morgan fingerprint density at radius 2 is 1.74 bits per heavy atom. The number of carbonyl (C=O) groups excluding carboxylic acids is 1. The van der Waals surface area contributed by atoms with Crippen molar-refractivity contribution in [2.45, 2.75) is 18.9 Å². The SMILES string of the molecule is COc1ccccc1C(CNc1ccc(C(=O)Nc2ccccc2)nn1)N1CCCC1. The molecule has 1 aliphatic rings. The molecule has 2 N–H and O–H groups in total. The van der Waals surface area contributed by atoms with Crippen LogP contribution in [0, 0.1) is 0 Å². The number of hydrogen-bond donors (Lipinski definition) is 2. The highest BCUT2D eigenvalue weighted by Crippen LogP contribution is 2.31. The second kappa shape index (κ2) is 10.0. The first-order valence-corrected chi connectivity index (χ1v) is 10.6. The molecule has 1 fully saturated rings. The molecule has 1 unspecified atom stereocenters. The van der Waals surface area contributed by atoms with E-state index in [0.717, 1.165) is 30.1 Å². The van der Waals surface area contributed by atoms with Gasteiger partial charge in [-0.25, -0.2) is 0 Å². The Balaban J connectivity index is 1.43. The molecule has 2 heterocycles. The summed E-state index contributed by atoms with van der Waals surface area (Å²) in [4.78, 5) is 14.8. The van der Waals surface area contributed by atoms with E-state index >= 15 is 0 Å². The van der Waals surface area contributed by atoms with Crippen LogP contribution < -0.4 is 15.4 Å². The molecule has 1 aromatic heterocycles. The van der Waals surface area contributed by atoms with Gasteiger partial charge in [0.05, 0.1) is 13.2 Å². The van der Waals surface area contributed by atoms with Crippen molar-refractivity contribution in [2.75, 3.05) is 37.4 Å². The van der Waals surface area contributed by atoms with Gasteiger partial charge in [-0.15, -0.1) is 10.2 Å². The van der Waals surface area contributed by atoms with Crippen molar-refractivity contribution in [3.05, 3.63) is 78.0 Å². The van der Waals surface area contributed by atoms with Gasteiger partial charge in [-0.3, -0.25) is 9.69 Å². The van der Waals surface area contributed by atoms with Crippen LogP contribution in [0.25, 0.3) is 0 Å². The third-order valence-corrected chi connectivity index (χ3v) is 5.48. The van der Waals surface area contributed by atoms with E-state index in [1.54, 1.807) is 19.2 Å². The molecule has 160 valence electrons. The standard InChI is InChI=1S/C24H27N5O2/c1-31-22-12-6-5-11-19(22)21(29-15-7-8-16-29)17-25-23-14-13-20(27-28-23)24(30)26-18-9-3-2-4-10-18/h2-6,9-14,21H,7-8,15-17H2,1H3,(H,25,28)(H,26,30). The largest absolute Gasteiger partial charge is 0.496 e. The summed E-state index contributed by atoms with van der Waals surface area (Å²) in [6.07, 6.45) is 2.41. The molecule has 1 aliphatic heterocycles. The van der Waals surface area contributed by atoms with Gasteiger partial charge < -0.3 is 15.4 Å². The van der Waals surface area contributed by atoms with Crippen molar-refractivity contribution in [2.24, 2.45) is 0 Å². The molecular formula is C24H27N5O2. The molecule has 3 aromatic rings. The summed E-state index contributed by atoms with van der Waals surface area (Å²) in [7, 11) is 1.71. The highest BCUT2D eigenvalue weighted by Gasteiger charge is 2.25. The van der Waals surface area contributed by atoms with Gasteiger partial charge in [0.25, 0.3) is 5.91 Å². The zero-order valence-electron chi connectivity index (χ0n) is 17.6. The lowest BCUT2D eigenvalue weighted by molar-refractivity contribution is 0.102. The highest BCUT2D eigenvalue weighted by molar-refractivity contribution is 6.02. The van der Waals surface area contributed by atoms with Crippen LogP contribution in [0.4, 0.5) is 11.5 Å². The average Bonchev–Trinajstić information content (AvgIpc) is 3.35. The number of nitrogens with zero attached hydrogens (tertiary/aromatic N) is 3. The quantitative estimate of drug-likeness (QED) is 0.577. The molecular weight excluding hydrogens is 390 g/mol. The lowest BCUT2D eigenvalue weighted by atomic mass is 10.0. The van der Waals surface area contributed by atoms with Crippen LogP contribution >= 0.6 is 0 Å². The summed E-state index contributed by atoms with van der Waals surface area (Å²) >= 11 is 0. The number of methoxy groups -OCH3 is 1. The molecule has 31 heavy (non-hydrogen) atoms. The molecule has 0 bridgehead atoms. The van der Waals surface area contributed by atoms with Gasteiger partial charge in [-0.1, -0.05) is 36.4 Å². The predicted molar refractivity (Wildman–Crippen MR) is 121 cm³/mol. The summed E-state index contributed by atoms with van der Waals surface area (Å²) in [5.74, 6) is 1.24. The number of nitrogens with one attached hydrogen (secondary N) is 2. The van der Waals surface area contributed by atoms with E-state index in [9.17, 15) is 4.79 Å². The van der Waals surface area contributed by atoms with Crippen molar-refractivity contribution in [1.29, 1.82) is 0 Å². The number of rotatable bonds is 8. The molecule has 0 saturated carbocycles. The van der Waals surface area contributed by atoms with E-state index in [4.69, 9.17) is 4.74 Å². The fourth-order valence-corrected chi connectivity index (χ4v) is 3.90. The molecule has 1 atom stereocenters. The molecule has 0 aliphatic carbocycles. The Labute approximate surface area is 182 Å². The van der Waals surface area contributed by atoms with Gasteiger partial charge in [0, 0.05) is 17.8 Å².